The van der Waals surface area contributed by atoms with E-state index in [0.29, 0.717) is 37.6 Å². The Morgan fingerprint density at radius 1 is 1.20 bits per heavy atom. The van der Waals surface area contributed by atoms with Crippen LogP contribution >= 0.6 is 0 Å². The largest absolute Gasteiger partial charge is 0.351 e. The molecule has 140 valence electrons. The molecule has 0 unspecified atom stereocenters. The maximum Gasteiger partial charge on any atom is 0.278 e. The average Bonchev–Trinajstić information content (AvgIpc) is 2.62. The van der Waals surface area contributed by atoms with Crippen molar-refractivity contribution in [3.05, 3.63) is 29.8 Å². The summed E-state index contributed by atoms with van der Waals surface area (Å²) < 4.78 is 27.2. The summed E-state index contributed by atoms with van der Waals surface area (Å²) in [5, 5.41) is 2.83. The van der Waals surface area contributed by atoms with Gasteiger partial charge in [-0.25, -0.2) is 8.42 Å². The first kappa shape index (κ1) is 19.9. The van der Waals surface area contributed by atoms with E-state index in [2.05, 4.69) is 12.2 Å². The zero-order valence-corrected chi connectivity index (χ0v) is 16.2. The normalized spacial score (nSPS) is 18.0. The van der Waals surface area contributed by atoms with Crippen molar-refractivity contribution in [2.45, 2.75) is 44.6 Å². The Labute approximate surface area is 151 Å². The first-order valence-corrected chi connectivity index (χ1v) is 10.6. The molecule has 7 heteroatoms. The van der Waals surface area contributed by atoms with Crippen molar-refractivity contribution >= 4 is 15.9 Å². The third-order valence-electron chi connectivity index (χ3n) is 4.82. The minimum absolute atomic E-state index is 0.0281. The predicted octanol–water partition coefficient (Wildman–Crippen LogP) is 0.0529. The molecule has 1 saturated heterocycles. The molecule has 2 rings (SSSR count). The van der Waals surface area contributed by atoms with E-state index in [-0.39, 0.29) is 11.9 Å². The van der Waals surface area contributed by atoms with Crippen LogP contribution in [0.3, 0.4) is 0 Å². The van der Waals surface area contributed by atoms with Gasteiger partial charge in [-0.05, 0) is 38.0 Å². The fourth-order valence-electron chi connectivity index (χ4n) is 3.23. The summed E-state index contributed by atoms with van der Waals surface area (Å²) in [6.45, 7) is 8.69. The molecule has 0 spiro atoms. The van der Waals surface area contributed by atoms with Crippen LogP contribution in [0.15, 0.2) is 29.2 Å². The Hall–Kier alpha value is -1.44. The van der Waals surface area contributed by atoms with E-state index in [1.54, 1.807) is 12.1 Å². The Kier molecular flexibility index (Phi) is 6.98. The number of nitrogens with one attached hydrogen (secondary N) is 2. The van der Waals surface area contributed by atoms with Crippen molar-refractivity contribution in [2.75, 3.05) is 32.7 Å². The fourth-order valence-corrected chi connectivity index (χ4v) is 4.67. The minimum atomic E-state index is -3.45. The Bertz CT molecular complexity index is 665. The van der Waals surface area contributed by atoms with Crippen molar-refractivity contribution in [1.82, 2.24) is 9.62 Å². The standard InChI is InChI=1S/C18H29N3O3S/c1-4-6-16-7-9-17(10-8-16)25(23,24)21-13-11-20(12-14-21)15(3)18(22)19-5-2/h7-10,15H,4-6,11-14H2,1-3H3,(H,19,22)/p+1/t15-/m0/s1. The SMILES string of the molecule is CCCc1ccc(S(=O)(=O)N2CC[NH+]([C@@H](C)C(=O)NCC)CC2)cc1. The maximum atomic E-state index is 12.8. The van der Waals surface area contributed by atoms with E-state index < -0.39 is 10.0 Å². The Balaban J connectivity index is 2.00. The van der Waals surface area contributed by atoms with Crippen LogP contribution in [0.1, 0.15) is 32.8 Å². The minimum Gasteiger partial charge on any atom is -0.351 e. The lowest BCUT2D eigenvalue weighted by atomic mass is 10.1. The second-order valence-corrected chi connectivity index (χ2v) is 8.51. The van der Waals surface area contributed by atoms with Gasteiger partial charge in [-0.3, -0.25) is 4.79 Å². The number of hydrogen-bond donors (Lipinski definition) is 2. The van der Waals surface area contributed by atoms with Gasteiger partial charge in [0.15, 0.2) is 6.04 Å². The van der Waals surface area contributed by atoms with E-state index in [0.717, 1.165) is 23.3 Å². The molecule has 1 amide bonds. The molecule has 0 saturated carbocycles. The van der Waals surface area contributed by atoms with Crippen LogP contribution in [0.2, 0.25) is 0 Å². The topological polar surface area (TPSA) is 70.9 Å². The van der Waals surface area contributed by atoms with Crippen LogP contribution in [0.25, 0.3) is 0 Å². The molecule has 1 heterocycles. The summed E-state index contributed by atoms with van der Waals surface area (Å²) in [7, 11) is -3.45. The van der Waals surface area contributed by atoms with Gasteiger partial charge in [-0.2, -0.15) is 4.31 Å². The summed E-state index contributed by atoms with van der Waals surface area (Å²) in [5.74, 6) is 0.0281. The molecular weight excluding hydrogens is 338 g/mol. The second-order valence-electron chi connectivity index (χ2n) is 6.57. The van der Waals surface area contributed by atoms with E-state index in [1.807, 2.05) is 26.0 Å². The number of piperazine rings is 1. The molecule has 1 aromatic carbocycles. The van der Waals surface area contributed by atoms with E-state index in [4.69, 9.17) is 0 Å². The predicted molar refractivity (Wildman–Crippen MR) is 98.0 cm³/mol. The van der Waals surface area contributed by atoms with Crippen LogP contribution < -0.4 is 10.2 Å². The molecule has 0 radical (unpaired) electrons. The molecule has 0 bridgehead atoms. The van der Waals surface area contributed by atoms with Gasteiger partial charge in [0.2, 0.25) is 10.0 Å². The monoisotopic (exact) mass is 368 g/mol. The number of likely N-dealkylation sites (N-methyl/N-ethyl adjacent to an activating group) is 1. The van der Waals surface area contributed by atoms with Crippen LogP contribution in [-0.4, -0.2) is 57.4 Å². The summed E-state index contributed by atoms with van der Waals surface area (Å²) in [4.78, 5) is 13.5. The lowest BCUT2D eigenvalue weighted by molar-refractivity contribution is -0.917. The highest BCUT2D eigenvalue weighted by Crippen LogP contribution is 2.17. The van der Waals surface area contributed by atoms with Gasteiger partial charge in [0.1, 0.15) is 0 Å². The molecule has 1 atom stereocenters. The van der Waals surface area contributed by atoms with Crippen molar-refractivity contribution in [3.8, 4) is 0 Å². The number of carbonyl (C=O) groups is 1. The summed E-state index contributed by atoms with van der Waals surface area (Å²) in [6.07, 6.45) is 2.00. The first-order valence-electron chi connectivity index (χ1n) is 9.11. The van der Waals surface area contributed by atoms with E-state index in [9.17, 15) is 13.2 Å². The molecule has 25 heavy (non-hydrogen) atoms. The van der Waals surface area contributed by atoms with Crippen LogP contribution in [0.5, 0.6) is 0 Å². The van der Waals surface area contributed by atoms with Crippen LogP contribution in [0, 0.1) is 0 Å². The van der Waals surface area contributed by atoms with E-state index in [1.165, 1.54) is 4.31 Å². The summed E-state index contributed by atoms with van der Waals surface area (Å²) >= 11 is 0. The first-order chi connectivity index (χ1) is 11.9. The van der Waals surface area contributed by atoms with Gasteiger partial charge in [-0.15, -0.1) is 0 Å². The van der Waals surface area contributed by atoms with Gasteiger partial charge < -0.3 is 10.2 Å². The molecule has 6 nitrogen and oxygen atoms in total. The van der Waals surface area contributed by atoms with Gasteiger partial charge in [-0.1, -0.05) is 25.5 Å². The number of carbonyl (C=O) groups excluding carboxylic acids is 1. The number of quaternary nitrogens is 1. The smallest absolute Gasteiger partial charge is 0.278 e. The number of amides is 1. The molecule has 2 N–H and O–H groups in total. The lowest BCUT2D eigenvalue weighted by Crippen LogP contribution is -3.19. The molecule has 0 aromatic heterocycles. The molecule has 1 fully saturated rings. The van der Waals surface area contributed by atoms with Crippen molar-refractivity contribution in [1.29, 1.82) is 0 Å². The molecule has 1 aliphatic rings. The maximum absolute atomic E-state index is 12.8. The summed E-state index contributed by atoms with van der Waals surface area (Å²) in [6, 6.07) is 7.05. The highest BCUT2D eigenvalue weighted by atomic mass is 32.2. The highest BCUT2D eigenvalue weighted by molar-refractivity contribution is 7.89. The molecule has 1 aliphatic heterocycles. The highest BCUT2D eigenvalue weighted by Gasteiger charge is 2.34. The van der Waals surface area contributed by atoms with Gasteiger partial charge >= 0.3 is 0 Å². The van der Waals surface area contributed by atoms with Crippen molar-refractivity contribution < 1.29 is 18.1 Å². The summed E-state index contributed by atoms with van der Waals surface area (Å²) in [5.41, 5.74) is 1.16. The second kappa shape index (κ2) is 8.78. The molecule has 1 aromatic rings. The van der Waals surface area contributed by atoms with Crippen molar-refractivity contribution in [2.24, 2.45) is 0 Å². The number of aryl methyl sites for hydroxylation is 1. The van der Waals surface area contributed by atoms with Gasteiger partial charge in [0, 0.05) is 6.54 Å². The van der Waals surface area contributed by atoms with Crippen LogP contribution in [-0.2, 0) is 21.2 Å². The number of rotatable bonds is 7. The third kappa shape index (κ3) is 4.80. The zero-order valence-electron chi connectivity index (χ0n) is 15.4. The number of benzene rings is 1. The van der Waals surface area contributed by atoms with E-state index >= 15 is 0 Å². The Morgan fingerprint density at radius 3 is 2.32 bits per heavy atom. The number of hydrogen-bond acceptors (Lipinski definition) is 3. The quantitative estimate of drug-likeness (QED) is 0.715. The zero-order chi connectivity index (χ0) is 18.4. The Morgan fingerprint density at radius 2 is 1.80 bits per heavy atom. The van der Waals surface area contributed by atoms with Crippen LogP contribution in [0.4, 0.5) is 0 Å². The van der Waals surface area contributed by atoms with Gasteiger partial charge in [0.05, 0.1) is 31.1 Å². The third-order valence-corrected chi connectivity index (χ3v) is 6.73. The molecule has 0 aliphatic carbocycles. The fraction of sp³-hybridized carbons (Fsp3) is 0.611. The van der Waals surface area contributed by atoms with Gasteiger partial charge in [0.25, 0.3) is 5.91 Å². The number of nitrogens with zero attached hydrogens (tertiary/aromatic N) is 1. The van der Waals surface area contributed by atoms with Crippen molar-refractivity contribution in [3.63, 3.8) is 0 Å². The number of sulfonamides is 1. The lowest BCUT2D eigenvalue weighted by Gasteiger charge is -2.34. The molecular formula is C18H30N3O3S+. The average molecular weight is 369 g/mol.